The number of rotatable bonds is 16. The first kappa shape index (κ1) is 31.5. The molecule has 0 aromatic carbocycles. The second-order valence-electron chi connectivity index (χ2n) is 7.88. The van der Waals surface area contributed by atoms with Crippen LogP contribution >= 0.6 is 0 Å². The number of unbranched alkanes of at least 4 members (excludes halogenated alkanes) is 12. The monoisotopic (exact) mass is 432 g/mol. The van der Waals surface area contributed by atoms with E-state index >= 15 is 0 Å². The lowest BCUT2D eigenvalue weighted by atomic mass is 10.1. The third kappa shape index (κ3) is 30.6. The number of aliphatic hydroxyl groups excluding tert-OH is 1. The summed E-state index contributed by atoms with van der Waals surface area (Å²) in [4.78, 5) is 11.1. The Balaban J connectivity index is 0. The summed E-state index contributed by atoms with van der Waals surface area (Å²) in [7, 11) is 0. The van der Waals surface area contributed by atoms with Crippen molar-refractivity contribution < 1.29 is 14.6 Å². The van der Waals surface area contributed by atoms with Gasteiger partial charge in [-0.05, 0) is 45.4 Å². The predicted octanol–water partition coefficient (Wildman–Crippen LogP) is 7.37. The number of hydrogen-bond donors (Lipinski definition) is 1. The van der Waals surface area contributed by atoms with Crippen molar-refractivity contribution >= 4 is 5.97 Å². The van der Waals surface area contributed by atoms with Gasteiger partial charge >= 0.3 is 5.97 Å². The summed E-state index contributed by atoms with van der Waals surface area (Å²) in [6.45, 7) is 10.4. The van der Waals surface area contributed by atoms with Crippen LogP contribution in [0.5, 0.6) is 0 Å². The Bertz CT molecular complexity index is 528. The lowest BCUT2D eigenvalue weighted by molar-refractivity contribution is -0.139. The first-order valence-electron chi connectivity index (χ1n) is 12.4. The van der Waals surface area contributed by atoms with Gasteiger partial charge in [0, 0.05) is 37.9 Å². The van der Waals surface area contributed by atoms with Gasteiger partial charge in [-0.15, -0.1) is 23.7 Å². The molecular weight excluding hydrogens is 384 g/mol. The van der Waals surface area contributed by atoms with Crippen LogP contribution in [0.25, 0.3) is 0 Å². The van der Waals surface area contributed by atoms with Crippen LogP contribution < -0.4 is 0 Å². The summed E-state index contributed by atoms with van der Waals surface area (Å²) in [5, 5.41) is 8.54. The third-order valence-electron chi connectivity index (χ3n) is 4.55. The highest BCUT2D eigenvalue weighted by atomic mass is 16.5. The van der Waals surface area contributed by atoms with Crippen LogP contribution in [0.4, 0.5) is 0 Å². The van der Waals surface area contributed by atoms with Gasteiger partial charge in [0.25, 0.3) is 0 Å². The Morgan fingerprint density at radius 3 is 1.55 bits per heavy atom. The topological polar surface area (TPSA) is 46.5 Å². The van der Waals surface area contributed by atoms with Gasteiger partial charge in [0.1, 0.15) is 0 Å². The fraction of sp³-hybridized carbons (Fsp3) is 0.750. The number of ether oxygens (including phenoxy) is 1. The lowest BCUT2D eigenvalue weighted by Gasteiger charge is -2.03. The molecule has 178 valence electrons. The van der Waals surface area contributed by atoms with Crippen molar-refractivity contribution in [3.63, 3.8) is 0 Å². The minimum Gasteiger partial charge on any atom is -0.462 e. The zero-order chi connectivity index (χ0) is 23.4. The maximum atomic E-state index is 11.1. The predicted molar refractivity (Wildman–Crippen MR) is 134 cm³/mol. The van der Waals surface area contributed by atoms with E-state index in [1.807, 2.05) is 0 Å². The zero-order valence-corrected chi connectivity index (χ0v) is 20.7. The molecule has 3 heteroatoms. The summed E-state index contributed by atoms with van der Waals surface area (Å²) in [6, 6.07) is 0. The van der Waals surface area contributed by atoms with E-state index in [9.17, 15) is 4.79 Å². The summed E-state index contributed by atoms with van der Waals surface area (Å²) in [5.74, 6) is 12.5. The lowest BCUT2D eigenvalue weighted by Crippen LogP contribution is -2.05. The number of esters is 1. The van der Waals surface area contributed by atoms with Crippen LogP contribution in [0.1, 0.15) is 124 Å². The van der Waals surface area contributed by atoms with E-state index in [0.717, 1.165) is 64.2 Å². The number of aliphatic hydroxyl groups is 1. The van der Waals surface area contributed by atoms with Crippen LogP contribution in [0.3, 0.4) is 0 Å². The smallest absolute Gasteiger partial charge is 0.333 e. The number of carbonyl (C=O) groups excluding carboxylic acids is 1. The van der Waals surface area contributed by atoms with E-state index < -0.39 is 0 Å². The average molecular weight is 433 g/mol. The van der Waals surface area contributed by atoms with Gasteiger partial charge in [0.05, 0.1) is 6.61 Å². The van der Waals surface area contributed by atoms with Crippen molar-refractivity contribution in [2.75, 3.05) is 13.2 Å². The molecule has 0 heterocycles. The molecule has 31 heavy (non-hydrogen) atoms. The average Bonchev–Trinajstić information content (AvgIpc) is 2.76. The Morgan fingerprint density at radius 2 is 1.13 bits per heavy atom. The Kier molecular flexibility index (Phi) is 28.7. The minimum atomic E-state index is -0.281. The normalized spacial score (nSPS) is 9.42. The highest BCUT2D eigenvalue weighted by Gasteiger charge is 2.01. The molecule has 0 amide bonds. The maximum Gasteiger partial charge on any atom is 0.333 e. The second-order valence-corrected chi connectivity index (χ2v) is 7.88. The molecule has 0 rings (SSSR count). The van der Waals surface area contributed by atoms with Crippen LogP contribution in [-0.4, -0.2) is 24.3 Å². The molecule has 0 atom stereocenters. The molecule has 0 radical (unpaired) electrons. The van der Waals surface area contributed by atoms with E-state index in [-0.39, 0.29) is 5.97 Å². The van der Waals surface area contributed by atoms with Gasteiger partial charge in [-0.2, -0.15) is 0 Å². The number of hydrogen-bond acceptors (Lipinski definition) is 3. The molecular formula is C28H48O3. The molecule has 1 N–H and O–H groups in total. The molecule has 0 saturated heterocycles. The van der Waals surface area contributed by atoms with Gasteiger partial charge in [0.2, 0.25) is 0 Å². The molecule has 0 saturated carbocycles. The van der Waals surface area contributed by atoms with E-state index in [2.05, 4.69) is 44.1 Å². The van der Waals surface area contributed by atoms with Gasteiger partial charge < -0.3 is 9.84 Å². The molecule has 0 spiro atoms. The van der Waals surface area contributed by atoms with Crippen LogP contribution in [0, 0.1) is 23.7 Å². The van der Waals surface area contributed by atoms with Crippen molar-refractivity contribution in [3.8, 4) is 23.7 Å². The first-order chi connectivity index (χ1) is 15.1. The van der Waals surface area contributed by atoms with Crippen LogP contribution in [0.2, 0.25) is 0 Å². The largest absolute Gasteiger partial charge is 0.462 e. The fourth-order valence-corrected chi connectivity index (χ4v) is 2.52. The Labute approximate surface area is 193 Å². The molecule has 0 fully saturated rings. The first-order valence-corrected chi connectivity index (χ1v) is 12.4. The van der Waals surface area contributed by atoms with Crippen molar-refractivity contribution in [2.45, 2.75) is 124 Å². The van der Waals surface area contributed by atoms with Crippen LogP contribution in [0.15, 0.2) is 12.2 Å². The number of carbonyl (C=O) groups is 1. The molecule has 0 aromatic rings. The van der Waals surface area contributed by atoms with E-state index in [4.69, 9.17) is 9.84 Å². The molecule has 0 bridgehead atoms. The summed E-state index contributed by atoms with van der Waals surface area (Å²) < 4.78 is 5.01. The molecule has 0 unspecified atom stereocenters. The van der Waals surface area contributed by atoms with Gasteiger partial charge in [-0.25, -0.2) is 4.79 Å². The molecule has 0 aliphatic carbocycles. The van der Waals surface area contributed by atoms with Gasteiger partial charge in [0.15, 0.2) is 0 Å². The summed E-state index contributed by atoms with van der Waals surface area (Å²) in [6.07, 6.45) is 17.9. The van der Waals surface area contributed by atoms with Crippen molar-refractivity contribution in [1.29, 1.82) is 0 Å². The Hall–Kier alpha value is -1.71. The summed E-state index contributed by atoms with van der Waals surface area (Å²) >= 11 is 0. The van der Waals surface area contributed by atoms with Crippen LogP contribution in [-0.2, 0) is 9.53 Å². The maximum absolute atomic E-state index is 11.1. The highest BCUT2D eigenvalue weighted by Crippen LogP contribution is 2.04. The van der Waals surface area contributed by atoms with E-state index in [1.54, 1.807) is 6.92 Å². The second kappa shape index (κ2) is 28.3. The minimum absolute atomic E-state index is 0.281. The summed E-state index contributed by atoms with van der Waals surface area (Å²) in [5.41, 5.74) is 0.470. The molecule has 3 nitrogen and oxygen atoms in total. The van der Waals surface area contributed by atoms with E-state index in [0.29, 0.717) is 18.8 Å². The van der Waals surface area contributed by atoms with Crippen molar-refractivity contribution in [2.24, 2.45) is 0 Å². The molecule has 0 aliphatic rings. The SMILES string of the molecule is C=C(C)C(=O)OCCCCCCC#CCCCC.CCCCC#CCCCCCCO. The van der Waals surface area contributed by atoms with E-state index in [1.165, 1.54) is 38.5 Å². The zero-order valence-electron chi connectivity index (χ0n) is 20.7. The van der Waals surface area contributed by atoms with Gasteiger partial charge in [-0.1, -0.05) is 59.0 Å². The molecule has 0 aromatic heterocycles. The molecule has 0 aliphatic heterocycles. The third-order valence-corrected chi connectivity index (χ3v) is 4.55. The fourth-order valence-electron chi connectivity index (χ4n) is 2.52. The Morgan fingerprint density at radius 1 is 0.710 bits per heavy atom. The highest BCUT2D eigenvalue weighted by molar-refractivity contribution is 5.86. The van der Waals surface area contributed by atoms with Crippen molar-refractivity contribution in [1.82, 2.24) is 0 Å². The van der Waals surface area contributed by atoms with Gasteiger partial charge in [-0.3, -0.25) is 0 Å². The standard InChI is InChI=1S/C16H26O2.C12H22O/c1-4-5-6-7-8-9-10-11-12-13-14-18-16(17)15(2)3;1-2-3-4-5-6-7-8-9-10-11-12-13/h2,4-6,9-14H2,1,3H3;13H,2-4,7-12H2,1H3. The quantitative estimate of drug-likeness (QED) is 0.120. The van der Waals surface area contributed by atoms with Crippen molar-refractivity contribution in [3.05, 3.63) is 12.2 Å².